The Bertz CT molecular complexity index is 524. The van der Waals surface area contributed by atoms with Crippen LogP contribution in [0.2, 0.25) is 0 Å². The summed E-state index contributed by atoms with van der Waals surface area (Å²) in [6, 6.07) is 6.30. The minimum atomic E-state index is 0.0700. The average Bonchev–Trinajstić information content (AvgIpc) is 3.11. The predicted octanol–water partition coefficient (Wildman–Crippen LogP) is 3.21. The Morgan fingerprint density at radius 1 is 1.28 bits per heavy atom. The zero-order valence-electron chi connectivity index (χ0n) is 10.1. The van der Waals surface area contributed by atoms with Gasteiger partial charge in [0.25, 0.3) is 5.91 Å². The maximum Gasteiger partial charge on any atom is 0.263 e. The lowest BCUT2D eigenvalue weighted by Crippen LogP contribution is -2.32. The van der Waals surface area contributed by atoms with Crippen LogP contribution in [-0.2, 0) is 0 Å². The third kappa shape index (κ3) is 2.20. The molecule has 0 saturated heterocycles. The molecule has 0 bridgehead atoms. The Morgan fingerprint density at radius 3 is 2.72 bits per heavy atom. The lowest BCUT2D eigenvalue weighted by atomic mass is 10.2. The Labute approximate surface area is 110 Å². The summed E-state index contributed by atoms with van der Waals surface area (Å²) in [6.07, 6.45) is 8.65. The maximum atomic E-state index is 12.3. The van der Waals surface area contributed by atoms with E-state index in [2.05, 4.69) is 5.32 Å². The van der Waals surface area contributed by atoms with Crippen LogP contribution in [0.25, 0.3) is 5.69 Å². The number of carbonyl (C=O) groups excluding carboxylic acids is 1. The fraction of sp³-hybridized carbons (Fsp3) is 0.357. The molecule has 0 atom stereocenters. The highest BCUT2D eigenvalue weighted by Crippen LogP contribution is 2.23. The summed E-state index contributed by atoms with van der Waals surface area (Å²) in [7, 11) is 0. The molecular weight excluding hydrogens is 244 g/mol. The maximum absolute atomic E-state index is 12.3. The Kier molecular flexibility index (Phi) is 3.19. The minimum absolute atomic E-state index is 0.0700. The lowest BCUT2D eigenvalue weighted by Gasteiger charge is -2.12. The van der Waals surface area contributed by atoms with Crippen LogP contribution in [0.5, 0.6) is 0 Å². The van der Waals surface area contributed by atoms with Gasteiger partial charge in [0.2, 0.25) is 0 Å². The minimum Gasteiger partial charge on any atom is -0.349 e. The van der Waals surface area contributed by atoms with Crippen molar-refractivity contribution in [3.8, 4) is 5.69 Å². The van der Waals surface area contributed by atoms with Crippen molar-refractivity contribution in [1.29, 1.82) is 0 Å². The van der Waals surface area contributed by atoms with Gasteiger partial charge < -0.3 is 9.88 Å². The molecule has 0 spiro atoms. The van der Waals surface area contributed by atoms with Crippen LogP contribution in [0.3, 0.4) is 0 Å². The normalized spacial score (nSPS) is 16.0. The first kappa shape index (κ1) is 11.5. The first-order valence-corrected chi connectivity index (χ1v) is 7.24. The van der Waals surface area contributed by atoms with Gasteiger partial charge in [0.1, 0.15) is 4.88 Å². The van der Waals surface area contributed by atoms with Crippen LogP contribution in [0.4, 0.5) is 0 Å². The van der Waals surface area contributed by atoms with Gasteiger partial charge in [0.15, 0.2) is 0 Å². The zero-order chi connectivity index (χ0) is 12.4. The molecule has 0 aliphatic heterocycles. The Hall–Kier alpha value is -1.55. The highest BCUT2D eigenvalue weighted by Gasteiger charge is 2.20. The van der Waals surface area contributed by atoms with Crippen molar-refractivity contribution in [1.82, 2.24) is 9.88 Å². The molecule has 1 N–H and O–H groups in total. The molecule has 18 heavy (non-hydrogen) atoms. The molecule has 0 radical (unpaired) electrons. The summed E-state index contributed by atoms with van der Waals surface area (Å²) in [5.74, 6) is 0.0700. The number of aromatic nitrogens is 1. The van der Waals surface area contributed by atoms with E-state index in [0.29, 0.717) is 6.04 Å². The Balaban J connectivity index is 1.79. The van der Waals surface area contributed by atoms with E-state index in [-0.39, 0.29) is 5.91 Å². The van der Waals surface area contributed by atoms with Gasteiger partial charge in [-0.05, 0) is 36.4 Å². The zero-order valence-corrected chi connectivity index (χ0v) is 11.0. The molecule has 0 aromatic carbocycles. The molecule has 94 valence electrons. The smallest absolute Gasteiger partial charge is 0.263 e. The molecule has 1 amide bonds. The van der Waals surface area contributed by atoms with Gasteiger partial charge in [-0.1, -0.05) is 12.8 Å². The van der Waals surface area contributed by atoms with Crippen LogP contribution >= 0.6 is 11.3 Å². The topological polar surface area (TPSA) is 34.0 Å². The molecule has 2 aromatic rings. The Morgan fingerprint density at radius 2 is 2.00 bits per heavy atom. The number of rotatable bonds is 3. The van der Waals surface area contributed by atoms with Crippen molar-refractivity contribution in [3.63, 3.8) is 0 Å². The van der Waals surface area contributed by atoms with E-state index in [1.807, 2.05) is 40.5 Å². The molecule has 2 aromatic heterocycles. The van der Waals surface area contributed by atoms with Crippen LogP contribution in [0.15, 0.2) is 36.0 Å². The molecule has 1 aliphatic rings. The number of nitrogens with zero attached hydrogens (tertiary/aromatic N) is 1. The molecule has 2 heterocycles. The standard InChI is InChI=1S/C14H16N2OS/c17-14(15-11-5-1-2-6-11)13-12(7-10-18-13)16-8-3-4-9-16/h3-4,7-11H,1-2,5-6H2,(H,15,17). The van der Waals surface area contributed by atoms with Crippen LogP contribution in [0, 0.1) is 0 Å². The van der Waals surface area contributed by atoms with Gasteiger partial charge in [0.05, 0.1) is 5.69 Å². The summed E-state index contributed by atoms with van der Waals surface area (Å²) in [6.45, 7) is 0. The second-order valence-electron chi connectivity index (χ2n) is 4.68. The summed E-state index contributed by atoms with van der Waals surface area (Å²) in [5.41, 5.74) is 0.973. The number of thiophene rings is 1. The van der Waals surface area contributed by atoms with Crippen molar-refractivity contribution in [2.45, 2.75) is 31.7 Å². The quantitative estimate of drug-likeness (QED) is 0.903. The molecule has 1 saturated carbocycles. The molecular formula is C14H16N2OS. The van der Waals surface area contributed by atoms with E-state index in [1.165, 1.54) is 24.2 Å². The molecule has 3 nitrogen and oxygen atoms in total. The summed E-state index contributed by atoms with van der Waals surface area (Å²) >= 11 is 1.51. The van der Waals surface area contributed by atoms with Gasteiger partial charge in [-0.15, -0.1) is 11.3 Å². The fourth-order valence-corrected chi connectivity index (χ4v) is 3.29. The largest absolute Gasteiger partial charge is 0.349 e. The number of hydrogen-bond donors (Lipinski definition) is 1. The van der Waals surface area contributed by atoms with Crippen molar-refractivity contribution in [2.75, 3.05) is 0 Å². The van der Waals surface area contributed by atoms with E-state index in [1.54, 1.807) is 0 Å². The molecule has 1 aliphatic carbocycles. The summed E-state index contributed by atoms with van der Waals surface area (Å²) in [4.78, 5) is 13.1. The summed E-state index contributed by atoms with van der Waals surface area (Å²) in [5, 5.41) is 5.11. The van der Waals surface area contributed by atoms with Gasteiger partial charge in [-0.2, -0.15) is 0 Å². The van der Waals surface area contributed by atoms with E-state index in [9.17, 15) is 4.79 Å². The SMILES string of the molecule is O=C(NC1CCCC1)c1sccc1-n1cccc1. The highest BCUT2D eigenvalue weighted by atomic mass is 32.1. The van der Waals surface area contributed by atoms with Crippen molar-refractivity contribution >= 4 is 17.2 Å². The van der Waals surface area contributed by atoms with Crippen molar-refractivity contribution in [2.24, 2.45) is 0 Å². The fourth-order valence-electron chi connectivity index (χ4n) is 2.49. The molecule has 1 fully saturated rings. The van der Waals surface area contributed by atoms with Crippen LogP contribution in [0.1, 0.15) is 35.4 Å². The van der Waals surface area contributed by atoms with Gasteiger partial charge in [-0.3, -0.25) is 4.79 Å². The second-order valence-corrected chi connectivity index (χ2v) is 5.60. The van der Waals surface area contributed by atoms with Gasteiger partial charge >= 0.3 is 0 Å². The van der Waals surface area contributed by atoms with Crippen molar-refractivity contribution < 1.29 is 4.79 Å². The molecule has 0 unspecified atom stereocenters. The van der Waals surface area contributed by atoms with Gasteiger partial charge in [0, 0.05) is 18.4 Å². The van der Waals surface area contributed by atoms with Crippen molar-refractivity contribution in [3.05, 3.63) is 40.8 Å². The lowest BCUT2D eigenvalue weighted by molar-refractivity contribution is 0.0942. The van der Waals surface area contributed by atoms with E-state index in [4.69, 9.17) is 0 Å². The first-order valence-electron chi connectivity index (χ1n) is 6.36. The molecule has 4 heteroatoms. The summed E-state index contributed by atoms with van der Waals surface area (Å²) < 4.78 is 1.99. The first-order chi connectivity index (χ1) is 8.84. The number of amides is 1. The molecule has 3 rings (SSSR count). The van der Waals surface area contributed by atoms with E-state index < -0.39 is 0 Å². The van der Waals surface area contributed by atoms with Gasteiger partial charge in [-0.25, -0.2) is 0 Å². The second kappa shape index (κ2) is 4.98. The number of hydrogen-bond acceptors (Lipinski definition) is 2. The third-order valence-electron chi connectivity index (χ3n) is 3.42. The van der Waals surface area contributed by atoms with E-state index >= 15 is 0 Å². The predicted molar refractivity (Wildman–Crippen MR) is 73.4 cm³/mol. The van der Waals surface area contributed by atoms with Crippen LogP contribution in [-0.4, -0.2) is 16.5 Å². The monoisotopic (exact) mass is 260 g/mol. The van der Waals surface area contributed by atoms with Crippen LogP contribution < -0.4 is 5.32 Å². The number of carbonyl (C=O) groups is 1. The number of nitrogens with one attached hydrogen (secondary N) is 1. The van der Waals surface area contributed by atoms with E-state index in [0.717, 1.165) is 23.4 Å². The third-order valence-corrected chi connectivity index (χ3v) is 4.33. The average molecular weight is 260 g/mol. The highest BCUT2D eigenvalue weighted by molar-refractivity contribution is 7.12.